The zero-order chi connectivity index (χ0) is 14.9. The van der Waals surface area contributed by atoms with E-state index >= 15 is 0 Å². The number of anilines is 1. The van der Waals surface area contributed by atoms with Gasteiger partial charge in [0.1, 0.15) is 5.52 Å². The number of ether oxygens (including phenoxy) is 1. The second kappa shape index (κ2) is 6.07. The van der Waals surface area contributed by atoms with Gasteiger partial charge in [-0.1, -0.05) is 11.6 Å². The van der Waals surface area contributed by atoms with E-state index in [1.807, 2.05) is 18.2 Å². The summed E-state index contributed by atoms with van der Waals surface area (Å²) in [6.07, 6.45) is 3.42. The number of nitrogens with zero attached hydrogens (tertiary/aromatic N) is 2. The van der Waals surface area contributed by atoms with Gasteiger partial charge < -0.3 is 14.5 Å². The van der Waals surface area contributed by atoms with Crippen LogP contribution in [0.5, 0.6) is 0 Å². The van der Waals surface area contributed by atoms with E-state index in [1.165, 1.54) is 0 Å². The SMILES string of the molecule is Clc1ccc2oc(NC3CCN(C4CCOCC4)C3)nc2c1. The molecule has 2 aromatic rings. The second-order valence-corrected chi connectivity index (χ2v) is 6.54. The van der Waals surface area contributed by atoms with E-state index in [1.54, 1.807) is 0 Å². The fourth-order valence-corrected chi connectivity index (χ4v) is 3.59. The van der Waals surface area contributed by atoms with Gasteiger partial charge >= 0.3 is 0 Å². The first-order valence-corrected chi connectivity index (χ1v) is 8.30. The molecule has 0 aliphatic carbocycles. The van der Waals surface area contributed by atoms with E-state index in [0.717, 1.165) is 56.7 Å². The molecule has 3 heterocycles. The van der Waals surface area contributed by atoms with Crippen LogP contribution in [0, 0.1) is 0 Å². The highest BCUT2D eigenvalue weighted by Crippen LogP contribution is 2.25. The third-order valence-corrected chi connectivity index (χ3v) is 4.84. The van der Waals surface area contributed by atoms with Crippen LogP contribution < -0.4 is 5.32 Å². The molecule has 1 N–H and O–H groups in total. The van der Waals surface area contributed by atoms with Crippen molar-refractivity contribution in [2.75, 3.05) is 31.6 Å². The van der Waals surface area contributed by atoms with Crippen molar-refractivity contribution in [3.8, 4) is 0 Å². The van der Waals surface area contributed by atoms with Crippen molar-refractivity contribution in [2.24, 2.45) is 0 Å². The lowest BCUT2D eigenvalue weighted by molar-refractivity contribution is 0.0421. The van der Waals surface area contributed by atoms with E-state index in [-0.39, 0.29) is 0 Å². The molecule has 22 heavy (non-hydrogen) atoms. The van der Waals surface area contributed by atoms with Crippen LogP contribution >= 0.6 is 11.6 Å². The van der Waals surface area contributed by atoms with Crippen molar-refractivity contribution in [3.63, 3.8) is 0 Å². The van der Waals surface area contributed by atoms with E-state index in [4.69, 9.17) is 20.8 Å². The van der Waals surface area contributed by atoms with Crippen molar-refractivity contribution < 1.29 is 9.15 Å². The van der Waals surface area contributed by atoms with Gasteiger partial charge in [0.05, 0.1) is 0 Å². The molecule has 0 spiro atoms. The zero-order valence-corrected chi connectivity index (χ0v) is 13.2. The van der Waals surface area contributed by atoms with Crippen molar-refractivity contribution in [2.45, 2.75) is 31.3 Å². The fourth-order valence-electron chi connectivity index (χ4n) is 3.42. The maximum atomic E-state index is 5.98. The summed E-state index contributed by atoms with van der Waals surface area (Å²) in [4.78, 5) is 7.04. The van der Waals surface area contributed by atoms with Gasteiger partial charge in [-0.2, -0.15) is 4.98 Å². The summed E-state index contributed by atoms with van der Waals surface area (Å²) in [5.41, 5.74) is 1.57. The molecule has 0 bridgehead atoms. The van der Waals surface area contributed by atoms with Gasteiger partial charge in [0.25, 0.3) is 6.01 Å². The minimum absolute atomic E-state index is 0.395. The first-order chi connectivity index (χ1) is 10.8. The summed E-state index contributed by atoms with van der Waals surface area (Å²) < 4.78 is 11.2. The Morgan fingerprint density at radius 2 is 2.09 bits per heavy atom. The Morgan fingerprint density at radius 1 is 1.23 bits per heavy atom. The van der Waals surface area contributed by atoms with Crippen molar-refractivity contribution in [1.29, 1.82) is 0 Å². The highest BCUT2D eigenvalue weighted by Gasteiger charge is 2.29. The van der Waals surface area contributed by atoms with Crippen LogP contribution in [0.15, 0.2) is 22.6 Å². The average molecular weight is 322 g/mol. The summed E-state index contributed by atoms with van der Waals surface area (Å²) in [5, 5.41) is 4.10. The summed E-state index contributed by atoms with van der Waals surface area (Å²) in [7, 11) is 0. The number of hydrogen-bond acceptors (Lipinski definition) is 5. The summed E-state index contributed by atoms with van der Waals surface area (Å²) in [6, 6.07) is 7.17. The topological polar surface area (TPSA) is 50.5 Å². The zero-order valence-electron chi connectivity index (χ0n) is 12.4. The number of fused-ring (bicyclic) bond motifs is 1. The molecule has 1 unspecified atom stereocenters. The molecule has 5 nitrogen and oxygen atoms in total. The molecule has 2 saturated heterocycles. The van der Waals surface area contributed by atoms with Gasteiger partial charge in [-0.25, -0.2) is 0 Å². The predicted molar refractivity (Wildman–Crippen MR) is 86.5 cm³/mol. The largest absolute Gasteiger partial charge is 0.424 e. The molecular weight excluding hydrogens is 302 g/mol. The number of hydrogen-bond donors (Lipinski definition) is 1. The Labute approximate surface area is 134 Å². The van der Waals surface area contributed by atoms with Crippen LogP contribution in [-0.4, -0.2) is 48.3 Å². The van der Waals surface area contributed by atoms with Gasteiger partial charge in [-0.15, -0.1) is 0 Å². The van der Waals surface area contributed by atoms with E-state index in [0.29, 0.717) is 23.1 Å². The normalized spacial score (nSPS) is 24.1. The highest BCUT2D eigenvalue weighted by atomic mass is 35.5. The number of benzene rings is 1. The number of oxazole rings is 1. The molecule has 0 radical (unpaired) electrons. The van der Waals surface area contributed by atoms with Gasteiger partial charge in [-0.05, 0) is 37.5 Å². The molecule has 1 atom stereocenters. The van der Waals surface area contributed by atoms with Crippen LogP contribution in [0.25, 0.3) is 11.1 Å². The lowest BCUT2D eigenvalue weighted by Crippen LogP contribution is -2.39. The third kappa shape index (κ3) is 2.93. The molecule has 0 amide bonds. The first kappa shape index (κ1) is 14.3. The summed E-state index contributed by atoms with van der Waals surface area (Å²) >= 11 is 5.98. The number of aromatic nitrogens is 1. The monoisotopic (exact) mass is 321 g/mol. The fraction of sp³-hybridized carbons (Fsp3) is 0.562. The lowest BCUT2D eigenvalue weighted by atomic mass is 10.1. The second-order valence-electron chi connectivity index (χ2n) is 6.10. The Kier molecular flexibility index (Phi) is 3.94. The van der Waals surface area contributed by atoms with Crippen LogP contribution in [0.3, 0.4) is 0 Å². The minimum Gasteiger partial charge on any atom is -0.424 e. The van der Waals surface area contributed by atoms with Crippen LogP contribution in [0.4, 0.5) is 6.01 Å². The molecule has 1 aromatic heterocycles. The van der Waals surface area contributed by atoms with Gasteiger partial charge in [-0.3, -0.25) is 4.90 Å². The van der Waals surface area contributed by atoms with Crippen molar-refractivity contribution in [1.82, 2.24) is 9.88 Å². The highest BCUT2D eigenvalue weighted by molar-refractivity contribution is 6.31. The van der Waals surface area contributed by atoms with E-state index in [2.05, 4.69) is 15.2 Å². The van der Waals surface area contributed by atoms with Gasteiger partial charge in [0.15, 0.2) is 5.58 Å². The molecule has 2 fully saturated rings. The maximum absolute atomic E-state index is 5.98. The van der Waals surface area contributed by atoms with Crippen molar-refractivity contribution >= 4 is 28.7 Å². The molecule has 4 rings (SSSR count). The molecule has 2 aliphatic rings. The van der Waals surface area contributed by atoms with E-state index < -0.39 is 0 Å². The Hall–Kier alpha value is -1.30. The number of nitrogens with one attached hydrogen (secondary N) is 1. The average Bonchev–Trinajstić information content (AvgIpc) is 3.14. The maximum Gasteiger partial charge on any atom is 0.295 e. The van der Waals surface area contributed by atoms with Gasteiger partial charge in [0, 0.05) is 43.4 Å². The Balaban J connectivity index is 1.40. The lowest BCUT2D eigenvalue weighted by Gasteiger charge is -2.30. The summed E-state index contributed by atoms with van der Waals surface area (Å²) in [5.74, 6) is 0. The minimum atomic E-state index is 0.395. The molecule has 6 heteroatoms. The van der Waals surface area contributed by atoms with Crippen molar-refractivity contribution in [3.05, 3.63) is 23.2 Å². The Morgan fingerprint density at radius 3 is 2.95 bits per heavy atom. The quantitative estimate of drug-likeness (QED) is 0.941. The third-order valence-electron chi connectivity index (χ3n) is 4.60. The molecule has 0 saturated carbocycles. The number of rotatable bonds is 3. The van der Waals surface area contributed by atoms with E-state index in [9.17, 15) is 0 Å². The molecule has 2 aliphatic heterocycles. The first-order valence-electron chi connectivity index (χ1n) is 7.92. The smallest absolute Gasteiger partial charge is 0.295 e. The molecule has 118 valence electrons. The molecule has 1 aromatic carbocycles. The standard InChI is InChI=1S/C16H20ClN3O2/c17-11-1-2-15-14(9-11)19-16(22-15)18-12-3-6-20(10-12)13-4-7-21-8-5-13/h1-2,9,12-13H,3-8,10H2,(H,18,19). The summed E-state index contributed by atoms with van der Waals surface area (Å²) in [6.45, 7) is 3.97. The van der Waals surface area contributed by atoms with Gasteiger partial charge in [0.2, 0.25) is 0 Å². The van der Waals surface area contributed by atoms with Crippen LogP contribution in [0.1, 0.15) is 19.3 Å². The van der Waals surface area contributed by atoms with Crippen LogP contribution in [-0.2, 0) is 4.74 Å². The molecular formula is C16H20ClN3O2. The van der Waals surface area contributed by atoms with Crippen LogP contribution in [0.2, 0.25) is 5.02 Å². The number of halogens is 1. The Bertz CT molecular complexity index is 654. The predicted octanol–water partition coefficient (Wildman–Crippen LogP) is 3.15. The number of likely N-dealkylation sites (tertiary alicyclic amines) is 1.